The second-order valence-corrected chi connectivity index (χ2v) is 7.13. The van der Waals surface area contributed by atoms with Crippen LogP contribution in [-0.2, 0) is 33.5 Å². The predicted molar refractivity (Wildman–Crippen MR) is 108 cm³/mol. The average molecular weight is 518 g/mol. The molecule has 0 aromatic rings. The lowest BCUT2D eigenvalue weighted by Crippen LogP contribution is -2.42. The van der Waals surface area contributed by atoms with E-state index in [0.717, 1.165) is 0 Å². The van der Waals surface area contributed by atoms with Crippen LogP contribution in [0.25, 0.3) is 0 Å². The minimum Gasteiger partial charge on any atom is -0.481 e. The molecule has 0 aliphatic heterocycles. The summed E-state index contributed by atoms with van der Waals surface area (Å²) in [6.45, 7) is 3.70. The quantitative estimate of drug-likeness (QED) is 0.111. The summed E-state index contributed by atoms with van der Waals surface area (Å²) < 4.78 is 4.95. The standard InChI is InChI=1S/2C6H8O7.C6H14O3/c2*7-3(8)1-6(13,5(11)12)2-4(9)10;1-5(8)4-9-6(2)3-7/h2*13H,1-2H2,(H,7,8)(H,9,10)(H,11,12);5-8H,3-4H2,1-2H3. The van der Waals surface area contributed by atoms with Gasteiger partial charge >= 0.3 is 35.8 Å². The van der Waals surface area contributed by atoms with Crippen LogP contribution in [0, 0.1) is 0 Å². The number of carboxylic acid groups (broad SMARTS) is 6. The van der Waals surface area contributed by atoms with Crippen LogP contribution >= 0.6 is 0 Å². The topological polar surface area (TPSA) is 314 Å². The van der Waals surface area contributed by atoms with Gasteiger partial charge in [0.1, 0.15) is 0 Å². The zero-order chi connectivity index (χ0) is 28.6. The highest BCUT2D eigenvalue weighted by atomic mass is 16.5. The van der Waals surface area contributed by atoms with Gasteiger partial charge in [0.05, 0.1) is 51.1 Å². The van der Waals surface area contributed by atoms with Gasteiger partial charge in [0.25, 0.3) is 0 Å². The molecule has 0 aliphatic rings. The highest BCUT2D eigenvalue weighted by Crippen LogP contribution is 2.16. The van der Waals surface area contributed by atoms with Gasteiger partial charge in [-0.3, -0.25) is 19.2 Å². The third-order valence-corrected chi connectivity index (χ3v) is 3.45. The van der Waals surface area contributed by atoms with Crippen molar-refractivity contribution in [3.63, 3.8) is 0 Å². The maximum absolute atomic E-state index is 10.3. The Bertz CT molecular complexity index is 645. The fourth-order valence-corrected chi connectivity index (χ4v) is 1.78. The van der Waals surface area contributed by atoms with Gasteiger partial charge in [0, 0.05) is 0 Å². The van der Waals surface area contributed by atoms with E-state index >= 15 is 0 Å². The molecular weight excluding hydrogens is 488 g/mol. The molecule has 0 amide bonds. The molecule has 0 rings (SSSR count). The average Bonchev–Trinajstić information content (AvgIpc) is 2.64. The number of carbonyl (C=O) groups is 6. The smallest absolute Gasteiger partial charge is 0.336 e. The summed E-state index contributed by atoms with van der Waals surface area (Å²) in [5.41, 5.74) is -5.48. The summed E-state index contributed by atoms with van der Waals surface area (Å²) in [6, 6.07) is 0. The Morgan fingerprint density at radius 1 is 0.657 bits per heavy atom. The van der Waals surface area contributed by atoms with Crippen LogP contribution in [0.4, 0.5) is 0 Å². The maximum atomic E-state index is 10.3. The first kappa shape index (κ1) is 36.2. The minimum absolute atomic E-state index is 0.00667. The molecule has 2 unspecified atom stereocenters. The van der Waals surface area contributed by atoms with Gasteiger partial charge in [-0.15, -0.1) is 0 Å². The molecule has 0 heterocycles. The van der Waals surface area contributed by atoms with Gasteiger partial charge in [0.2, 0.25) is 0 Å². The molecule has 17 nitrogen and oxygen atoms in total. The second kappa shape index (κ2) is 17.1. The van der Waals surface area contributed by atoms with E-state index in [-0.39, 0.29) is 12.7 Å². The lowest BCUT2D eigenvalue weighted by Gasteiger charge is -2.18. The maximum Gasteiger partial charge on any atom is 0.336 e. The molecule has 0 bridgehead atoms. The lowest BCUT2D eigenvalue weighted by molar-refractivity contribution is -0.170. The predicted octanol–water partition coefficient (Wildman–Crippen LogP) is -2.73. The second-order valence-electron chi connectivity index (χ2n) is 7.13. The molecule has 0 aromatic carbocycles. The lowest BCUT2D eigenvalue weighted by atomic mass is 9.96. The number of rotatable bonds is 14. The Labute approximate surface area is 197 Å². The van der Waals surface area contributed by atoms with E-state index in [1.54, 1.807) is 13.8 Å². The molecule has 35 heavy (non-hydrogen) atoms. The van der Waals surface area contributed by atoms with E-state index < -0.39 is 78.8 Å². The molecule has 10 N–H and O–H groups in total. The number of aliphatic hydroxyl groups excluding tert-OH is 2. The molecule has 0 saturated carbocycles. The largest absolute Gasteiger partial charge is 0.481 e. The fraction of sp³-hybridized carbons (Fsp3) is 0.667. The van der Waals surface area contributed by atoms with Crippen LogP contribution < -0.4 is 0 Å². The Hall–Kier alpha value is -3.38. The van der Waals surface area contributed by atoms with E-state index in [1.807, 2.05) is 0 Å². The first-order chi connectivity index (χ1) is 15.7. The van der Waals surface area contributed by atoms with Crippen molar-refractivity contribution in [1.29, 1.82) is 0 Å². The van der Waals surface area contributed by atoms with Crippen LogP contribution in [0.2, 0.25) is 0 Å². The van der Waals surface area contributed by atoms with Crippen molar-refractivity contribution in [3.05, 3.63) is 0 Å². The van der Waals surface area contributed by atoms with E-state index in [9.17, 15) is 28.8 Å². The van der Waals surface area contributed by atoms with Crippen molar-refractivity contribution in [3.8, 4) is 0 Å². The molecule has 0 aliphatic carbocycles. The third kappa shape index (κ3) is 19.8. The third-order valence-electron chi connectivity index (χ3n) is 3.45. The summed E-state index contributed by atoms with van der Waals surface area (Å²) in [6.07, 6.45) is -5.19. The van der Waals surface area contributed by atoms with E-state index in [4.69, 9.17) is 55.8 Å². The normalized spacial score (nSPS) is 12.5. The summed E-state index contributed by atoms with van der Waals surface area (Å²) in [5, 5.41) is 84.8. The zero-order valence-corrected chi connectivity index (χ0v) is 18.7. The summed E-state index contributed by atoms with van der Waals surface area (Å²) in [7, 11) is 0. The summed E-state index contributed by atoms with van der Waals surface area (Å²) in [4.78, 5) is 61.0. The zero-order valence-electron chi connectivity index (χ0n) is 18.7. The van der Waals surface area contributed by atoms with Crippen molar-refractivity contribution in [2.24, 2.45) is 0 Å². The first-order valence-electron chi connectivity index (χ1n) is 9.41. The van der Waals surface area contributed by atoms with Gasteiger partial charge in [-0.05, 0) is 13.8 Å². The highest BCUT2D eigenvalue weighted by molar-refractivity contribution is 5.88. The molecule has 2 atom stereocenters. The Morgan fingerprint density at radius 3 is 1.06 bits per heavy atom. The van der Waals surface area contributed by atoms with Crippen molar-refractivity contribution in [2.45, 2.75) is 62.9 Å². The number of hydrogen-bond acceptors (Lipinski definition) is 11. The molecule has 0 radical (unpaired) electrons. The van der Waals surface area contributed by atoms with Crippen LogP contribution in [0.15, 0.2) is 0 Å². The monoisotopic (exact) mass is 518 g/mol. The molecule has 204 valence electrons. The number of aliphatic hydroxyl groups is 4. The van der Waals surface area contributed by atoms with E-state index in [2.05, 4.69) is 0 Å². The molecule has 17 heteroatoms. The first-order valence-corrected chi connectivity index (χ1v) is 9.41. The van der Waals surface area contributed by atoms with Crippen molar-refractivity contribution < 1.29 is 84.6 Å². The summed E-state index contributed by atoms with van der Waals surface area (Å²) in [5.74, 6) is -10.0. The van der Waals surface area contributed by atoms with Crippen LogP contribution in [-0.4, -0.2) is 124 Å². The number of ether oxygens (including phenoxy) is 1. The molecule has 0 fully saturated rings. The van der Waals surface area contributed by atoms with Gasteiger partial charge in [-0.25, -0.2) is 9.59 Å². The fourth-order valence-electron chi connectivity index (χ4n) is 1.78. The van der Waals surface area contributed by atoms with Gasteiger partial charge in [-0.2, -0.15) is 0 Å². The van der Waals surface area contributed by atoms with E-state index in [0.29, 0.717) is 6.61 Å². The number of carboxylic acids is 6. The number of aliphatic carboxylic acids is 6. The van der Waals surface area contributed by atoms with Gasteiger partial charge in [0.15, 0.2) is 11.2 Å². The Morgan fingerprint density at radius 2 is 0.914 bits per heavy atom. The summed E-state index contributed by atoms with van der Waals surface area (Å²) >= 11 is 0. The van der Waals surface area contributed by atoms with Crippen LogP contribution in [0.5, 0.6) is 0 Å². The van der Waals surface area contributed by atoms with Gasteiger partial charge < -0.3 is 55.8 Å². The Balaban J connectivity index is -0.000000448. The van der Waals surface area contributed by atoms with Crippen LogP contribution in [0.1, 0.15) is 39.5 Å². The van der Waals surface area contributed by atoms with Crippen molar-refractivity contribution in [1.82, 2.24) is 0 Å². The van der Waals surface area contributed by atoms with Crippen LogP contribution in [0.3, 0.4) is 0 Å². The van der Waals surface area contributed by atoms with E-state index in [1.165, 1.54) is 0 Å². The molecular formula is C18H30O17. The minimum atomic E-state index is -2.74. The van der Waals surface area contributed by atoms with Crippen molar-refractivity contribution >= 4 is 35.8 Å². The molecule has 0 spiro atoms. The molecule has 0 aromatic heterocycles. The number of hydrogen-bond donors (Lipinski definition) is 10. The highest BCUT2D eigenvalue weighted by Gasteiger charge is 2.41. The molecule has 0 saturated heterocycles. The van der Waals surface area contributed by atoms with Crippen molar-refractivity contribution in [2.75, 3.05) is 13.2 Å². The Kier molecular flexibility index (Phi) is 17.7. The van der Waals surface area contributed by atoms with Gasteiger partial charge in [-0.1, -0.05) is 0 Å². The SMILES string of the molecule is CC(O)COC(C)CO.O=C(O)CC(O)(CC(=O)O)C(=O)O.O=C(O)CC(O)(CC(=O)O)C(=O)O.